The Balaban J connectivity index is 2.84. The second-order valence-corrected chi connectivity index (χ2v) is 3.76. The zero-order chi connectivity index (χ0) is 13.9. The van der Waals surface area contributed by atoms with Gasteiger partial charge in [0.1, 0.15) is 0 Å². The van der Waals surface area contributed by atoms with E-state index in [1.807, 2.05) is 0 Å². The lowest BCUT2D eigenvalue weighted by atomic mass is 10.2. The fourth-order valence-corrected chi connectivity index (χ4v) is 1.37. The van der Waals surface area contributed by atoms with E-state index >= 15 is 0 Å². The summed E-state index contributed by atoms with van der Waals surface area (Å²) in [5, 5.41) is 4.63. The Bertz CT molecular complexity index is 419. The van der Waals surface area contributed by atoms with Crippen LogP contribution in [-0.4, -0.2) is 24.2 Å². The van der Waals surface area contributed by atoms with Crippen LogP contribution in [0.25, 0.3) is 0 Å². The number of hydrogen-bond donors (Lipinski definition) is 2. The van der Waals surface area contributed by atoms with Crippen LogP contribution >= 0.6 is 0 Å². The van der Waals surface area contributed by atoms with Gasteiger partial charge in [-0.15, -0.1) is 0 Å². The number of alkyl halides is 3. The van der Waals surface area contributed by atoms with Gasteiger partial charge >= 0.3 is 6.18 Å². The van der Waals surface area contributed by atoms with E-state index in [0.29, 0.717) is 6.07 Å². The molecular weight excluding hydrogens is 257 g/mol. The molecule has 0 bridgehead atoms. The van der Waals surface area contributed by atoms with E-state index in [4.69, 9.17) is 0 Å². The normalized spacial score (nSPS) is 13.3. The average molecular weight is 269 g/mol. The van der Waals surface area contributed by atoms with Gasteiger partial charge in [-0.05, 0) is 6.92 Å². The Morgan fingerprint density at radius 3 is 2.28 bits per heavy atom. The molecule has 0 aliphatic rings. The summed E-state index contributed by atoms with van der Waals surface area (Å²) in [6.45, 7) is 1.23. The first-order valence-electron chi connectivity index (χ1n) is 5.10. The molecule has 0 aliphatic heterocycles. The van der Waals surface area contributed by atoms with Gasteiger partial charge in [-0.25, -0.2) is 13.8 Å². The molecule has 0 aliphatic carbocycles. The van der Waals surface area contributed by atoms with E-state index < -0.39 is 36.1 Å². The highest BCUT2D eigenvalue weighted by Crippen LogP contribution is 2.24. The molecule has 1 atom stereocenters. The van der Waals surface area contributed by atoms with Crippen LogP contribution in [0, 0.1) is 11.6 Å². The molecule has 3 nitrogen and oxygen atoms in total. The third-order valence-electron chi connectivity index (χ3n) is 2.09. The summed E-state index contributed by atoms with van der Waals surface area (Å²) in [4.78, 5) is 3.52. The number of hydrogen-bond acceptors (Lipinski definition) is 3. The second-order valence-electron chi connectivity index (χ2n) is 3.76. The highest BCUT2D eigenvalue weighted by atomic mass is 19.4. The van der Waals surface area contributed by atoms with Crippen LogP contribution in [-0.2, 0) is 0 Å². The Morgan fingerprint density at radius 1 is 1.22 bits per heavy atom. The first kappa shape index (κ1) is 14.5. The summed E-state index contributed by atoms with van der Waals surface area (Å²) in [7, 11) is 1.37. The van der Waals surface area contributed by atoms with Crippen molar-refractivity contribution in [1.82, 2.24) is 4.98 Å². The van der Waals surface area contributed by atoms with Gasteiger partial charge in [-0.3, -0.25) is 0 Å². The minimum atomic E-state index is -4.37. The minimum Gasteiger partial charge on any atom is -0.371 e. The molecule has 0 spiro atoms. The van der Waals surface area contributed by atoms with Crippen molar-refractivity contribution in [1.29, 1.82) is 0 Å². The number of nitrogens with one attached hydrogen (secondary N) is 2. The second kappa shape index (κ2) is 5.36. The van der Waals surface area contributed by atoms with Gasteiger partial charge in [-0.2, -0.15) is 13.2 Å². The molecule has 0 radical (unpaired) electrons. The van der Waals surface area contributed by atoms with Crippen LogP contribution in [0.3, 0.4) is 0 Å². The zero-order valence-corrected chi connectivity index (χ0v) is 9.70. The summed E-state index contributed by atoms with van der Waals surface area (Å²) in [6.07, 6.45) is -5.50. The van der Waals surface area contributed by atoms with Crippen molar-refractivity contribution in [3.05, 3.63) is 17.7 Å². The standard InChI is InChI=1S/C10H12F5N3/c1-5(4-10(13,14)15)17-9-7(12)3-6(11)8(16-2)18-9/h3,5H,4H2,1-2H3,(H2,16,17,18). The number of nitrogens with zero attached hydrogens (tertiary/aromatic N) is 1. The molecule has 0 saturated carbocycles. The maximum Gasteiger partial charge on any atom is 0.391 e. The van der Waals surface area contributed by atoms with Gasteiger partial charge in [0.25, 0.3) is 0 Å². The summed E-state index contributed by atoms with van der Waals surface area (Å²) in [6, 6.07) is -0.510. The molecule has 0 amide bonds. The van der Waals surface area contributed by atoms with Gasteiger partial charge in [0, 0.05) is 19.2 Å². The molecule has 1 aromatic rings. The maximum atomic E-state index is 13.3. The first-order chi connectivity index (χ1) is 8.23. The monoisotopic (exact) mass is 269 g/mol. The third-order valence-corrected chi connectivity index (χ3v) is 2.09. The summed E-state index contributed by atoms with van der Waals surface area (Å²) < 4.78 is 62.6. The van der Waals surface area contributed by atoms with Crippen LogP contribution < -0.4 is 10.6 Å². The smallest absolute Gasteiger partial charge is 0.371 e. The van der Waals surface area contributed by atoms with Crippen LogP contribution in [0.4, 0.5) is 33.6 Å². The van der Waals surface area contributed by atoms with Crippen molar-refractivity contribution in [2.24, 2.45) is 0 Å². The molecule has 1 heterocycles. The van der Waals surface area contributed by atoms with E-state index in [9.17, 15) is 22.0 Å². The quantitative estimate of drug-likeness (QED) is 0.824. The zero-order valence-electron chi connectivity index (χ0n) is 9.70. The Kier molecular flexibility index (Phi) is 4.31. The lowest BCUT2D eigenvalue weighted by molar-refractivity contribution is -0.136. The van der Waals surface area contributed by atoms with Crippen LogP contribution in [0.2, 0.25) is 0 Å². The van der Waals surface area contributed by atoms with E-state index in [2.05, 4.69) is 15.6 Å². The lowest BCUT2D eigenvalue weighted by Crippen LogP contribution is -2.25. The van der Waals surface area contributed by atoms with Crippen molar-refractivity contribution in [3.8, 4) is 0 Å². The maximum absolute atomic E-state index is 13.3. The van der Waals surface area contributed by atoms with Crippen molar-refractivity contribution >= 4 is 11.6 Å². The van der Waals surface area contributed by atoms with Crippen molar-refractivity contribution in [3.63, 3.8) is 0 Å². The predicted octanol–water partition coefficient (Wildman–Crippen LogP) is 3.15. The van der Waals surface area contributed by atoms with E-state index in [0.717, 1.165) is 0 Å². The predicted molar refractivity (Wildman–Crippen MR) is 57.5 cm³/mol. The van der Waals surface area contributed by atoms with Crippen LogP contribution in [0.5, 0.6) is 0 Å². The minimum absolute atomic E-state index is 0.238. The van der Waals surface area contributed by atoms with E-state index in [1.54, 1.807) is 0 Å². The Hall–Kier alpha value is -1.60. The molecule has 102 valence electrons. The fraction of sp³-hybridized carbons (Fsp3) is 0.500. The van der Waals surface area contributed by atoms with Crippen molar-refractivity contribution in [2.75, 3.05) is 17.7 Å². The van der Waals surface area contributed by atoms with Gasteiger partial charge < -0.3 is 10.6 Å². The van der Waals surface area contributed by atoms with E-state index in [1.165, 1.54) is 14.0 Å². The van der Waals surface area contributed by atoms with E-state index in [-0.39, 0.29) is 5.82 Å². The molecule has 1 unspecified atom stereocenters. The molecule has 0 saturated heterocycles. The summed E-state index contributed by atoms with van der Waals surface area (Å²) in [5.41, 5.74) is 0. The molecule has 0 fully saturated rings. The van der Waals surface area contributed by atoms with Gasteiger partial charge in [-0.1, -0.05) is 0 Å². The van der Waals surface area contributed by atoms with Gasteiger partial charge in [0.05, 0.1) is 6.42 Å². The average Bonchev–Trinajstić information content (AvgIpc) is 2.19. The topological polar surface area (TPSA) is 37.0 Å². The number of anilines is 2. The number of pyridine rings is 1. The summed E-state index contributed by atoms with van der Waals surface area (Å²) in [5.74, 6) is -2.61. The molecule has 1 rings (SSSR count). The number of halogens is 5. The first-order valence-corrected chi connectivity index (χ1v) is 5.10. The highest BCUT2D eigenvalue weighted by Gasteiger charge is 2.30. The van der Waals surface area contributed by atoms with Crippen molar-refractivity contribution < 1.29 is 22.0 Å². The molecule has 2 N–H and O–H groups in total. The number of aromatic nitrogens is 1. The Morgan fingerprint density at radius 2 is 1.78 bits per heavy atom. The molecule has 0 aromatic carbocycles. The molecular formula is C10H12F5N3. The molecule has 18 heavy (non-hydrogen) atoms. The highest BCUT2D eigenvalue weighted by molar-refractivity contribution is 5.47. The van der Waals surface area contributed by atoms with Crippen LogP contribution in [0.15, 0.2) is 6.07 Å². The number of rotatable bonds is 4. The SMILES string of the molecule is CNc1nc(NC(C)CC(F)(F)F)c(F)cc1F. The molecule has 8 heteroatoms. The van der Waals surface area contributed by atoms with Gasteiger partial charge in [0.15, 0.2) is 23.3 Å². The van der Waals surface area contributed by atoms with Gasteiger partial charge in [0.2, 0.25) is 0 Å². The fourth-order valence-electron chi connectivity index (χ4n) is 1.37. The Labute approximate surface area is 100 Å². The largest absolute Gasteiger partial charge is 0.391 e. The molecule has 1 aromatic heterocycles. The summed E-state index contributed by atoms with van der Waals surface area (Å²) >= 11 is 0. The lowest BCUT2D eigenvalue weighted by Gasteiger charge is -2.17. The van der Waals surface area contributed by atoms with Crippen molar-refractivity contribution in [2.45, 2.75) is 25.6 Å². The van der Waals surface area contributed by atoms with Crippen LogP contribution in [0.1, 0.15) is 13.3 Å². The third kappa shape index (κ3) is 4.01.